The van der Waals surface area contributed by atoms with Gasteiger partial charge in [-0.2, -0.15) is 5.10 Å². The molecule has 0 aliphatic carbocycles. The number of aromatic nitrogens is 7. The van der Waals surface area contributed by atoms with Gasteiger partial charge in [0.15, 0.2) is 22.9 Å². The van der Waals surface area contributed by atoms with Gasteiger partial charge in [0, 0.05) is 54.3 Å². The molecule has 0 aromatic carbocycles. The van der Waals surface area contributed by atoms with E-state index in [4.69, 9.17) is 0 Å². The van der Waals surface area contributed by atoms with Crippen molar-refractivity contribution < 1.29 is 9.18 Å². The van der Waals surface area contributed by atoms with Gasteiger partial charge in [-0.15, -0.1) is 11.3 Å². The van der Waals surface area contributed by atoms with E-state index < -0.39 is 5.82 Å². The molecule has 0 bridgehead atoms. The van der Waals surface area contributed by atoms with Crippen LogP contribution in [0.4, 0.5) is 10.1 Å². The molecule has 11 heteroatoms. The minimum atomic E-state index is -0.473. The SMILES string of the molecule is CC(=O)c1ccc(-c2ccnc3nc(-c4[nH]nc5ncc(-c6cncc(N(C)C)c6)c(F)c45)[nH]c23)s1. The van der Waals surface area contributed by atoms with Gasteiger partial charge >= 0.3 is 0 Å². The third-order valence-electron chi connectivity index (χ3n) is 5.92. The molecule has 0 radical (unpaired) electrons. The zero-order chi connectivity index (χ0) is 25.0. The fraction of sp³-hybridized carbons (Fsp3) is 0.120. The van der Waals surface area contributed by atoms with E-state index in [2.05, 4.69) is 35.1 Å². The van der Waals surface area contributed by atoms with Gasteiger partial charge in [0.2, 0.25) is 0 Å². The van der Waals surface area contributed by atoms with Gasteiger partial charge < -0.3 is 9.88 Å². The van der Waals surface area contributed by atoms with Crippen LogP contribution in [0.3, 0.4) is 0 Å². The van der Waals surface area contributed by atoms with Crippen LogP contribution in [0, 0.1) is 5.82 Å². The Bertz CT molecular complexity index is 1780. The first-order chi connectivity index (χ1) is 17.4. The summed E-state index contributed by atoms with van der Waals surface area (Å²) in [5.41, 5.74) is 4.37. The summed E-state index contributed by atoms with van der Waals surface area (Å²) in [6.07, 6.45) is 6.43. The summed E-state index contributed by atoms with van der Waals surface area (Å²) in [7, 11) is 3.79. The van der Waals surface area contributed by atoms with Crippen LogP contribution < -0.4 is 4.90 Å². The summed E-state index contributed by atoms with van der Waals surface area (Å²) in [6.45, 7) is 1.54. The molecule has 6 aromatic heterocycles. The van der Waals surface area contributed by atoms with Crippen molar-refractivity contribution in [3.63, 3.8) is 0 Å². The molecule has 36 heavy (non-hydrogen) atoms. The number of halogens is 1. The van der Waals surface area contributed by atoms with E-state index in [1.54, 1.807) is 31.6 Å². The van der Waals surface area contributed by atoms with E-state index in [9.17, 15) is 4.79 Å². The van der Waals surface area contributed by atoms with E-state index in [1.165, 1.54) is 17.5 Å². The molecule has 6 rings (SSSR count). The van der Waals surface area contributed by atoms with Gasteiger partial charge in [-0.05, 0) is 31.2 Å². The second-order valence-corrected chi connectivity index (χ2v) is 9.56. The van der Waals surface area contributed by atoms with E-state index in [0.717, 1.165) is 16.1 Å². The molecule has 6 aromatic rings. The monoisotopic (exact) mass is 498 g/mol. The number of aromatic amines is 2. The Kier molecular flexibility index (Phi) is 5.07. The maximum absolute atomic E-state index is 15.9. The van der Waals surface area contributed by atoms with Gasteiger partial charge in [-0.3, -0.25) is 14.9 Å². The average Bonchev–Trinajstić information content (AvgIpc) is 3.61. The molecule has 6 heterocycles. The predicted molar refractivity (Wildman–Crippen MR) is 138 cm³/mol. The third kappa shape index (κ3) is 3.52. The van der Waals surface area contributed by atoms with E-state index in [-0.39, 0.29) is 16.8 Å². The maximum atomic E-state index is 15.9. The van der Waals surface area contributed by atoms with Crippen LogP contribution in [-0.4, -0.2) is 55.0 Å². The van der Waals surface area contributed by atoms with Crippen molar-refractivity contribution in [2.24, 2.45) is 0 Å². The number of imidazole rings is 1. The van der Waals surface area contributed by atoms with Crippen LogP contribution in [0.1, 0.15) is 16.6 Å². The molecule has 0 amide bonds. The number of Topliss-reactive ketones (excluding diaryl/α,β-unsaturated/α-hetero) is 1. The van der Waals surface area contributed by atoms with Gasteiger partial charge in [0.1, 0.15) is 11.5 Å². The van der Waals surface area contributed by atoms with Crippen molar-refractivity contribution in [3.8, 4) is 33.1 Å². The first-order valence-electron chi connectivity index (χ1n) is 11.0. The molecule has 0 aliphatic rings. The minimum absolute atomic E-state index is 0.0101. The summed E-state index contributed by atoms with van der Waals surface area (Å²) in [4.78, 5) is 36.1. The summed E-state index contributed by atoms with van der Waals surface area (Å²) < 4.78 is 15.9. The number of nitrogens with one attached hydrogen (secondary N) is 2. The minimum Gasteiger partial charge on any atom is -0.376 e. The molecule has 2 N–H and O–H groups in total. The van der Waals surface area contributed by atoms with Crippen molar-refractivity contribution >= 4 is 45.0 Å². The van der Waals surface area contributed by atoms with Crippen molar-refractivity contribution in [3.05, 3.63) is 59.7 Å². The molecule has 0 fully saturated rings. The number of carbonyl (C=O) groups is 1. The molecule has 178 valence electrons. The molecule has 0 aliphatic heterocycles. The zero-order valence-electron chi connectivity index (χ0n) is 19.5. The van der Waals surface area contributed by atoms with Crippen molar-refractivity contribution in [1.29, 1.82) is 0 Å². The van der Waals surface area contributed by atoms with Gasteiger partial charge in [-0.1, -0.05) is 0 Å². The third-order valence-corrected chi connectivity index (χ3v) is 7.14. The van der Waals surface area contributed by atoms with Gasteiger partial charge in [-0.25, -0.2) is 19.3 Å². The molecule has 0 saturated carbocycles. The topological polar surface area (TPSA) is 116 Å². The average molecular weight is 499 g/mol. The smallest absolute Gasteiger partial charge is 0.184 e. The molecule has 0 unspecified atom stereocenters. The van der Waals surface area contributed by atoms with Crippen LogP contribution in [0.5, 0.6) is 0 Å². The highest BCUT2D eigenvalue weighted by Crippen LogP contribution is 2.36. The fourth-order valence-corrected chi connectivity index (χ4v) is 4.98. The van der Waals surface area contributed by atoms with E-state index in [1.807, 2.05) is 37.2 Å². The van der Waals surface area contributed by atoms with Crippen molar-refractivity contribution in [1.82, 2.24) is 35.1 Å². The number of pyridine rings is 3. The Morgan fingerprint density at radius 3 is 2.69 bits per heavy atom. The lowest BCUT2D eigenvalue weighted by Gasteiger charge is -2.13. The number of nitrogens with zero attached hydrogens (tertiary/aromatic N) is 6. The second kappa shape index (κ2) is 8.31. The van der Waals surface area contributed by atoms with Crippen LogP contribution in [0.25, 0.3) is 55.3 Å². The Balaban J connectivity index is 1.50. The number of anilines is 1. The highest BCUT2D eigenvalue weighted by molar-refractivity contribution is 7.17. The first kappa shape index (κ1) is 22.0. The lowest BCUT2D eigenvalue weighted by Crippen LogP contribution is -2.08. The quantitative estimate of drug-likeness (QED) is 0.318. The second-order valence-electron chi connectivity index (χ2n) is 8.47. The molecular formula is C25H19FN8OS. The number of rotatable bonds is 5. The number of H-pyrrole nitrogens is 2. The Morgan fingerprint density at radius 2 is 1.92 bits per heavy atom. The Hall–Kier alpha value is -4.51. The molecule has 0 atom stereocenters. The number of fused-ring (bicyclic) bond motifs is 2. The first-order valence-corrected chi connectivity index (χ1v) is 11.8. The van der Waals surface area contributed by atoms with Crippen molar-refractivity contribution in [2.45, 2.75) is 6.92 Å². The summed E-state index contributed by atoms with van der Waals surface area (Å²) in [5.74, 6) is -0.0795. The van der Waals surface area contributed by atoms with Crippen LogP contribution in [0.2, 0.25) is 0 Å². The molecular weight excluding hydrogens is 479 g/mol. The largest absolute Gasteiger partial charge is 0.376 e. The van der Waals surface area contributed by atoms with Crippen LogP contribution in [-0.2, 0) is 0 Å². The zero-order valence-corrected chi connectivity index (χ0v) is 20.3. The Labute approximate surface area is 208 Å². The van der Waals surface area contributed by atoms with Gasteiger partial charge in [0.05, 0.1) is 27.7 Å². The number of thiophene rings is 1. The fourth-order valence-electron chi connectivity index (χ4n) is 4.05. The number of ketones is 1. The number of carbonyl (C=O) groups excluding carboxylic acids is 1. The summed E-state index contributed by atoms with van der Waals surface area (Å²) in [6, 6.07) is 7.41. The molecule has 9 nitrogen and oxygen atoms in total. The lowest BCUT2D eigenvalue weighted by atomic mass is 10.1. The Morgan fingerprint density at radius 1 is 1.06 bits per heavy atom. The van der Waals surface area contributed by atoms with Gasteiger partial charge in [0.25, 0.3) is 0 Å². The summed E-state index contributed by atoms with van der Waals surface area (Å²) in [5, 5.41) is 7.29. The van der Waals surface area contributed by atoms with Crippen LogP contribution >= 0.6 is 11.3 Å². The van der Waals surface area contributed by atoms with E-state index >= 15 is 4.39 Å². The highest BCUT2D eigenvalue weighted by atomic mass is 32.1. The number of hydrogen-bond donors (Lipinski definition) is 2. The molecule has 0 spiro atoms. The predicted octanol–water partition coefficient (Wildman–Crippen LogP) is 5.09. The normalized spacial score (nSPS) is 11.4. The maximum Gasteiger partial charge on any atom is 0.184 e. The van der Waals surface area contributed by atoms with Crippen LogP contribution in [0.15, 0.2) is 49.1 Å². The van der Waals surface area contributed by atoms with E-state index in [0.29, 0.717) is 38.7 Å². The number of hydrogen-bond acceptors (Lipinski definition) is 8. The lowest BCUT2D eigenvalue weighted by molar-refractivity contribution is 0.102. The summed E-state index contributed by atoms with van der Waals surface area (Å²) >= 11 is 1.40. The van der Waals surface area contributed by atoms with Crippen molar-refractivity contribution in [2.75, 3.05) is 19.0 Å². The highest BCUT2D eigenvalue weighted by Gasteiger charge is 2.21. The molecule has 0 saturated heterocycles. The standard InChI is InChI=1S/C25H19FN8OS/c1-12(35)17-4-5-18(36-17)15-6-7-28-24-21(15)30-25(31-24)22-19-20(26)16(11-29-23(19)33-32-22)13-8-14(34(2)3)10-27-9-13/h4-11H,1-3H3,(H,28,30,31)(H,29,32,33).